The maximum absolute atomic E-state index is 13.1. The lowest BCUT2D eigenvalue weighted by Gasteiger charge is -2.12. The SMILES string of the molecule is C/C(=N\O)c1cc(C)ccc1OCc1ccc(F)cc1Br. The fraction of sp³-hybridized carbons (Fsp3) is 0.188. The highest BCUT2D eigenvalue weighted by atomic mass is 79.9. The van der Waals surface area contributed by atoms with Gasteiger partial charge in [-0.15, -0.1) is 0 Å². The van der Waals surface area contributed by atoms with Gasteiger partial charge in [-0.25, -0.2) is 4.39 Å². The Labute approximate surface area is 131 Å². The van der Waals surface area contributed by atoms with Crippen molar-refractivity contribution < 1.29 is 14.3 Å². The molecule has 2 aromatic carbocycles. The van der Waals surface area contributed by atoms with E-state index in [2.05, 4.69) is 21.1 Å². The maximum Gasteiger partial charge on any atom is 0.128 e. The Morgan fingerprint density at radius 1 is 1.29 bits per heavy atom. The van der Waals surface area contributed by atoms with Gasteiger partial charge in [0, 0.05) is 15.6 Å². The van der Waals surface area contributed by atoms with Gasteiger partial charge in [0.2, 0.25) is 0 Å². The van der Waals surface area contributed by atoms with Crippen LogP contribution in [0.3, 0.4) is 0 Å². The van der Waals surface area contributed by atoms with Crippen molar-refractivity contribution in [3.05, 3.63) is 63.4 Å². The largest absolute Gasteiger partial charge is 0.488 e. The normalized spacial score (nSPS) is 11.5. The highest BCUT2D eigenvalue weighted by Gasteiger charge is 2.09. The Hall–Kier alpha value is -1.88. The van der Waals surface area contributed by atoms with E-state index in [1.165, 1.54) is 12.1 Å². The first-order valence-corrected chi connectivity index (χ1v) is 7.17. The molecule has 0 amide bonds. The molecule has 0 fully saturated rings. The van der Waals surface area contributed by atoms with Crippen molar-refractivity contribution >= 4 is 21.6 Å². The van der Waals surface area contributed by atoms with Crippen LogP contribution in [0, 0.1) is 12.7 Å². The minimum atomic E-state index is -0.301. The lowest BCUT2D eigenvalue weighted by atomic mass is 10.1. The molecule has 2 rings (SSSR count). The Bertz CT molecular complexity index is 686. The second-order valence-electron chi connectivity index (χ2n) is 4.71. The second-order valence-corrected chi connectivity index (χ2v) is 5.56. The molecule has 0 bridgehead atoms. The van der Waals surface area contributed by atoms with Crippen molar-refractivity contribution in [2.24, 2.45) is 5.16 Å². The van der Waals surface area contributed by atoms with Crippen molar-refractivity contribution in [2.75, 3.05) is 0 Å². The maximum atomic E-state index is 13.1. The lowest BCUT2D eigenvalue weighted by Crippen LogP contribution is -2.03. The first kappa shape index (κ1) is 15.5. The summed E-state index contributed by atoms with van der Waals surface area (Å²) in [6, 6.07) is 10.1. The van der Waals surface area contributed by atoms with Gasteiger partial charge < -0.3 is 9.94 Å². The van der Waals surface area contributed by atoms with Gasteiger partial charge in [-0.1, -0.05) is 38.8 Å². The van der Waals surface area contributed by atoms with Crippen LogP contribution in [0.5, 0.6) is 5.75 Å². The number of oxime groups is 1. The van der Waals surface area contributed by atoms with Gasteiger partial charge in [-0.2, -0.15) is 0 Å². The van der Waals surface area contributed by atoms with E-state index in [0.717, 1.165) is 16.7 Å². The third kappa shape index (κ3) is 3.82. The third-order valence-electron chi connectivity index (χ3n) is 3.07. The van der Waals surface area contributed by atoms with Crippen molar-refractivity contribution in [1.82, 2.24) is 0 Å². The molecule has 0 aromatic heterocycles. The fourth-order valence-electron chi connectivity index (χ4n) is 1.90. The average molecular weight is 352 g/mol. The zero-order valence-electron chi connectivity index (χ0n) is 11.7. The number of halogens is 2. The van der Waals surface area contributed by atoms with E-state index in [9.17, 15) is 4.39 Å². The molecule has 0 saturated carbocycles. The highest BCUT2D eigenvalue weighted by molar-refractivity contribution is 9.10. The molecule has 5 heteroatoms. The number of aryl methyl sites for hydroxylation is 1. The zero-order valence-corrected chi connectivity index (χ0v) is 13.3. The van der Waals surface area contributed by atoms with E-state index < -0.39 is 0 Å². The molecule has 0 spiro atoms. The van der Waals surface area contributed by atoms with E-state index >= 15 is 0 Å². The van der Waals surface area contributed by atoms with Crippen LogP contribution >= 0.6 is 15.9 Å². The van der Waals surface area contributed by atoms with Crippen LogP contribution in [-0.2, 0) is 6.61 Å². The molecule has 0 unspecified atom stereocenters. The third-order valence-corrected chi connectivity index (χ3v) is 3.81. The molecule has 0 aliphatic rings. The summed E-state index contributed by atoms with van der Waals surface area (Å²) in [5.74, 6) is 0.317. The number of rotatable bonds is 4. The molecule has 0 saturated heterocycles. The fourth-order valence-corrected chi connectivity index (χ4v) is 2.37. The summed E-state index contributed by atoms with van der Waals surface area (Å²) >= 11 is 3.31. The van der Waals surface area contributed by atoms with Crippen LogP contribution in [-0.4, -0.2) is 10.9 Å². The molecule has 0 aliphatic carbocycles. The first-order valence-electron chi connectivity index (χ1n) is 6.37. The zero-order chi connectivity index (χ0) is 15.4. The van der Waals surface area contributed by atoms with Gasteiger partial charge in [0.05, 0.1) is 5.71 Å². The highest BCUT2D eigenvalue weighted by Crippen LogP contribution is 2.24. The molecule has 1 N–H and O–H groups in total. The van der Waals surface area contributed by atoms with E-state index in [1.807, 2.05) is 25.1 Å². The Balaban J connectivity index is 2.24. The van der Waals surface area contributed by atoms with Crippen LogP contribution < -0.4 is 4.74 Å². The molecule has 3 nitrogen and oxygen atoms in total. The standard InChI is InChI=1S/C16H15BrFNO2/c1-10-3-6-16(14(7-10)11(2)19-20)21-9-12-4-5-13(18)8-15(12)17/h3-8,20H,9H2,1-2H3/b19-11+. The van der Waals surface area contributed by atoms with Crippen LogP contribution in [0.1, 0.15) is 23.6 Å². The molecule has 21 heavy (non-hydrogen) atoms. The monoisotopic (exact) mass is 351 g/mol. The summed E-state index contributed by atoms with van der Waals surface area (Å²) in [4.78, 5) is 0. The Morgan fingerprint density at radius 2 is 2.05 bits per heavy atom. The van der Waals surface area contributed by atoms with E-state index in [1.54, 1.807) is 13.0 Å². The summed E-state index contributed by atoms with van der Waals surface area (Å²) < 4.78 is 19.5. The predicted molar refractivity (Wildman–Crippen MR) is 83.6 cm³/mol. The molecule has 110 valence electrons. The van der Waals surface area contributed by atoms with E-state index in [-0.39, 0.29) is 12.4 Å². The molecule has 0 heterocycles. The number of ether oxygens (including phenoxy) is 1. The Morgan fingerprint density at radius 3 is 2.71 bits per heavy atom. The van der Waals surface area contributed by atoms with Gasteiger partial charge in [0.1, 0.15) is 18.2 Å². The van der Waals surface area contributed by atoms with Gasteiger partial charge >= 0.3 is 0 Å². The predicted octanol–water partition coefficient (Wildman–Crippen LogP) is 4.67. The number of hydrogen-bond acceptors (Lipinski definition) is 3. The smallest absolute Gasteiger partial charge is 0.128 e. The van der Waals surface area contributed by atoms with Gasteiger partial charge in [-0.3, -0.25) is 0 Å². The van der Waals surface area contributed by atoms with E-state index in [0.29, 0.717) is 15.9 Å². The summed E-state index contributed by atoms with van der Waals surface area (Å²) in [6.45, 7) is 3.94. The quantitative estimate of drug-likeness (QED) is 0.493. The molecule has 0 aliphatic heterocycles. The van der Waals surface area contributed by atoms with Crippen molar-refractivity contribution in [3.8, 4) is 5.75 Å². The van der Waals surface area contributed by atoms with Crippen LogP contribution in [0.15, 0.2) is 46.0 Å². The molecular weight excluding hydrogens is 337 g/mol. The first-order chi connectivity index (χ1) is 10.0. The summed E-state index contributed by atoms with van der Waals surface area (Å²) in [6.07, 6.45) is 0. The minimum absolute atomic E-state index is 0.287. The Kier molecular flexibility index (Phi) is 4.96. The average Bonchev–Trinajstić information content (AvgIpc) is 2.46. The van der Waals surface area contributed by atoms with Gasteiger partial charge in [-0.05, 0) is 38.1 Å². The van der Waals surface area contributed by atoms with Crippen molar-refractivity contribution in [1.29, 1.82) is 0 Å². The molecular formula is C16H15BrFNO2. The number of hydrogen-bond donors (Lipinski definition) is 1. The van der Waals surface area contributed by atoms with Crippen LogP contribution in [0.4, 0.5) is 4.39 Å². The van der Waals surface area contributed by atoms with E-state index in [4.69, 9.17) is 9.94 Å². The topological polar surface area (TPSA) is 41.8 Å². The summed E-state index contributed by atoms with van der Waals surface area (Å²) in [5, 5.41) is 12.2. The molecule has 0 radical (unpaired) electrons. The van der Waals surface area contributed by atoms with Gasteiger partial charge in [0.25, 0.3) is 0 Å². The summed E-state index contributed by atoms with van der Waals surface area (Å²) in [7, 11) is 0. The number of benzene rings is 2. The van der Waals surface area contributed by atoms with Crippen molar-refractivity contribution in [3.63, 3.8) is 0 Å². The van der Waals surface area contributed by atoms with Crippen LogP contribution in [0.25, 0.3) is 0 Å². The van der Waals surface area contributed by atoms with Crippen molar-refractivity contribution in [2.45, 2.75) is 20.5 Å². The second kappa shape index (κ2) is 6.72. The van der Waals surface area contributed by atoms with Gasteiger partial charge in [0.15, 0.2) is 0 Å². The summed E-state index contributed by atoms with van der Waals surface area (Å²) in [5.41, 5.74) is 3.09. The minimum Gasteiger partial charge on any atom is -0.488 e. The lowest BCUT2D eigenvalue weighted by molar-refractivity contribution is 0.302. The molecule has 0 atom stereocenters. The number of nitrogens with zero attached hydrogens (tertiary/aromatic N) is 1. The van der Waals surface area contributed by atoms with Crippen LogP contribution in [0.2, 0.25) is 0 Å². The molecule has 2 aromatic rings.